The summed E-state index contributed by atoms with van der Waals surface area (Å²) in [5.41, 5.74) is 2.43. The number of benzene rings is 2. The van der Waals surface area contributed by atoms with Gasteiger partial charge in [-0.3, -0.25) is 9.59 Å². The zero-order valence-electron chi connectivity index (χ0n) is 20.9. The maximum atomic E-state index is 12.5. The monoisotopic (exact) mass is 479 g/mol. The highest BCUT2D eigenvalue weighted by molar-refractivity contribution is 5.99. The van der Waals surface area contributed by atoms with E-state index in [0.29, 0.717) is 49.1 Å². The normalized spacial score (nSPS) is 10.7. The molecule has 0 aliphatic carbocycles. The first-order valence-corrected chi connectivity index (χ1v) is 12.0. The Morgan fingerprint density at radius 2 is 1.66 bits per heavy atom. The fraction of sp³-hybridized carbons (Fsp3) is 0.393. The van der Waals surface area contributed by atoms with Crippen LogP contribution in [0.2, 0.25) is 0 Å². The number of ether oxygens (including phenoxy) is 3. The van der Waals surface area contributed by atoms with E-state index in [9.17, 15) is 9.59 Å². The van der Waals surface area contributed by atoms with Gasteiger partial charge in [0.15, 0.2) is 11.5 Å². The minimum Gasteiger partial charge on any atom is -0.497 e. The first kappa shape index (κ1) is 26.0. The first-order valence-electron chi connectivity index (χ1n) is 12.0. The zero-order valence-corrected chi connectivity index (χ0v) is 20.9. The van der Waals surface area contributed by atoms with Crippen molar-refractivity contribution in [1.82, 2.24) is 4.98 Å². The number of methoxy groups -OCH3 is 1. The van der Waals surface area contributed by atoms with Gasteiger partial charge in [-0.15, -0.1) is 0 Å². The second kappa shape index (κ2) is 12.7. The minimum absolute atomic E-state index is 0.0671. The molecule has 3 rings (SSSR count). The molecule has 0 radical (unpaired) electrons. The lowest BCUT2D eigenvalue weighted by Gasteiger charge is -2.12. The molecule has 2 aromatic carbocycles. The van der Waals surface area contributed by atoms with E-state index in [4.69, 9.17) is 18.6 Å². The number of nitrogens with zero attached hydrogens (tertiary/aromatic N) is 1. The molecule has 0 aliphatic rings. The number of hydrogen-bond donors (Lipinski definition) is 0. The second-order valence-electron chi connectivity index (χ2n) is 8.18. The van der Waals surface area contributed by atoms with Crippen LogP contribution >= 0.6 is 0 Å². The van der Waals surface area contributed by atoms with E-state index < -0.39 is 0 Å². The van der Waals surface area contributed by atoms with Crippen molar-refractivity contribution in [3.8, 4) is 28.7 Å². The molecule has 0 amide bonds. The number of aromatic nitrogens is 1. The topological polar surface area (TPSA) is 87.9 Å². The fourth-order valence-electron chi connectivity index (χ4n) is 3.75. The Bertz CT molecular complexity index is 1130. The van der Waals surface area contributed by atoms with Gasteiger partial charge in [0.05, 0.1) is 38.9 Å². The van der Waals surface area contributed by atoms with Gasteiger partial charge in [0, 0.05) is 12.0 Å². The first-order chi connectivity index (χ1) is 16.9. The van der Waals surface area contributed by atoms with Crippen LogP contribution in [0.4, 0.5) is 0 Å². The van der Waals surface area contributed by atoms with Crippen molar-refractivity contribution < 1.29 is 28.2 Å². The number of rotatable bonds is 14. The maximum Gasteiger partial charge on any atom is 0.226 e. The van der Waals surface area contributed by atoms with Crippen molar-refractivity contribution in [3.05, 3.63) is 59.5 Å². The van der Waals surface area contributed by atoms with Gasteiger partial charge in [0.1, 0.15) is 23.1 Å². The van der Waals surface area contributed by atoms with E-state index in [1.54, 1.807) is 14.0 Å². The van der Waals surface area contributed by atoms with Gasteiger partial charge in [-0.1, -0.05) is 6.07 Å². The third kappa shape index (κ3) is 7.44. The van der Waals surface area contributed by atoms with Gasteiger partial charge in [-0.2, -0.15) is 0 Å². The minimum atomic E-state index is -0.160. The van der Waals surface area contributed by atoms with Crippen molar-refractivity contribution >= 4 is 11.6 Å². The highest BCUT2D eigenvalue weighted by Crippen LogP contribution is 2.29. The number of aryl methyl sites for hydroxylation is 2. The van der Waals surface area contributed by atoms with Gasteiger partial charge in [-0.05, 0) is 75.6 Å². The van der Waals surface area contributed by atoms with Crippen molar-refractivity contribution in [3.63, 3.8) is 0 Å². The van der Waals surface area contributed by atoms with Crippen LogP contribution in [0.5, 0.6) is 17.2 Å². The smallest absolute Gasteiger partial charge is 0.226 e. The fourth-order valence-corrected chi connectivity index (χ4v) is 3.75. The van der Waals surface area contributed by atoms with Crippen LogP contribution in [-0.2, 0) is 22.4 Å². The van der Waals surface area contributed by atoms with Crippen LogP contribution < -0.4 is 14.2 Å². The summed E-state index contributed by atoms with van der Waals surface area (Å²) in [4.78, 5) is 29.4. The van der Waals surface area contributed by atoms with E-state index in [0.717, 1.165) is 29.0 Å². The summed E-state index contributed by atoms with van der Waals surface area (Å²) >= 11 is 0. The van der Waals surface area contributed by atoms with Gasteiger partial charge in [-0.25, -0.2) is 4.98 Å². The molecule has 0 bridgehead atoms. The molecule has 186 valence electrons. The highest BCUT2D eigenvalue weighted by atomic mass is 16.5. The number of Topliss-reactive ketones (excluding diaryl/α,β-unsaturated/α-hetero) is 2. The lowest BCUT2D eigenvalue weighted by atomic mass is 10.0. The van der Waals surface area contributed by atoms with Crippen molar-refractivity contribution in [2.75, 3.05) is 20.3 Å². The van der Waals surface area contributed by atoms with Gasteiger partial charge in [0.2, 0.25) is 5.89 Å². The molecule has 0 spiro atoms. The average molecular weight is 480 g/mol. The largest absolute Gasteiger partial charge is 0.497 e. The second-order valence-corrected chi connectivity index (χ2v) is 8.18. The molecule has 35 heavy (non-hydrogen) atoms. The molecular weight excluding hydrogens is 446 g/mol. The molecule has 0 aliphatic heterocycles. The van der Waals surface area contributed by atoms with Gasteiger partial charge >= 0.3 is 0 Å². The summed E-state index contributed by atoms with van der Waals surface area (Å²) in [5.74, 6) is 2.97. The molecule has 0 fully saturated rings. The Morgan fingerprint density at radius 1 is 0.943 bits per heavy atom. The Morgan fingerprint density at radius 3 is 2.34 bits per heavy atom. The molecule has 7 nitrogen and oxygen atoms in total. The van der Waals surface area contributed by atoms with Crippen LogP contribution in [0.15, 0.2) is 46.9 Å². The molecule has 0 saturated carbocycles. The Hall–Kier alpha value is -3.61. The predicted octanol–water partition coefficient (Wildman–Crippen LogP) is 5.55. The number of carbonyl (C=O) groups excluding carboxylic acids is 2. The predicted molar refractivity (Wildman–Crippen MR) is 133 cm³/mol. The standard InChI is InChI=1S/C28H33NO6/c1-5-33-26-15-10-20(16-27(26)34-6-2)8-7-9-22(30)17-23(31)18-25-19(3)35-28(29-25)21-11-13-24(32-4)14-12-21/h10-16H,5-9,17-18H2,1-4H3. The van der Waals surface area contributed by atoms with Crippen LogP contribution in [0, 0.1) is 6.92 Å². The third-order valence-electron chi connectivity index (χ3n) is 5.52. The third-order valence-corrected chi connectivity index (χ3v) is 5.52. The molecule has 0 N–H and O–H groups in total. The number of ketones is 2. The Kier molecular flexibility index (Phi) is 9.47. The Balaban J connectivity index is 1.49. The van der Waals surface area contributed by atoms with E-state index >= 15 is 0 Å². The van der Waals surface area contributed by atoms with Crippen molar-refractivity contribution in [2.45, 2.75) is 52.9 Å². The summed E-state index contributed by atoms with van der Waals surface area (Å²) in [6.07, 6.45) is 1.71. The van der Waals surface area contributed by atoms with E-state index in [-0.39, 0.29) is 24.4 Å². The summed E-state index contributed by atoms with van der Waals surface area (Å²) < 4.78 is 22.2. The van der Waals surface area contributed by atoms with E-state index in [2.05, 4.69) is 4.98 Å². The average Bonchev–Trinajstić information content (AvgIpc) is 3.20. The number of carbonyl (C=O) groups is 2. The van der Waals surface area contributed by atoms with Gasteiger partial charge in [0.25, 0.3) is 0 Å². The van der Waals surface area contributed by atoms with Crippen LogP contribution in [0.1, 0.15) is 50.1 Å². The lowest BCUT2D eigenvalue weighted by Crippen LogP contribution is -2.11. The van der Waals surface area contributed by atoms with Crippen molar-refractivity contribution in [2.24, 2.45) is 0 Å². The maximum absolute atomic E-state index is 12.5. The zero-order chi connectivity index (χ0) is 25.2. The summed E-state index contributed by atoms with van der Waals surface area (Å²) in [5, 5.41) is 0. The van der Waals surface area contributed by atoms with E-state index in [1.807, 2.05) is 56.3 Å². The number of hydrogen-bond acceptors (Lipinski definition) is 7. The molecule has 7 heteroatoms. The van der Waals surface area contributed by atoms with Crippen LogP contribution in [0.3, 0.4) is 0 Å². The summed E-state index contributed by atoms with van der Waals surface area (Å²) in [6.45, 7) is 6.76. The Labute approximate surface area is 206 Å². The van der Waals surface area contributed by atoms with Crippen LogP contribution in [0.25, 0.3) is 11.5 Å². The quantitative estimate of drug-likeness (QED) is 0.280. The molecule has 0 saturated heterocycles. The molecule has 1 aromatic heterocycles. The van der Waals surface area contributed by atoms with Crippen LogP contribution in [-0.4, -0.2) is 36.9 Å². The molecule has 3 aromatic rings. The van der Waals surface area contributed by atoms with Gasteiger partial charge < -0.3 is 18.6 Å². The number of oxazole rings is 1. The summed E-state index contributed by atoms with van der Waals surface area (Å²) in [6, 6.07) is 13.2. The summed E-state index contributed by atoms with van der Waals surface area (Å²) in [7, 11) is 1.60. The molecule has 0 atom stereocenters. The SMILES string of the molecule is CCOc1ccc(CCCC(=O)CC(=O)Cc2nc(-c3ccc(OC)cc3)oc2C)cc1OCC. The molecule has 0 unspecified atom stereocenters. The van der Waals surface area contributed by atoms with Crippen molar-refractivity contribution in [1.29, 1.82) is 0 Å². The molecule has 1 heterocycles. The lowest BCUT2D eigenvalue weighted by molar-refractivity contribution is -0.126. The molecular formula is C28H33NO6. The van der Waals surface area contributed by atoms with E-state index in [1.165, 1.54) is 0 Å². The highest BCUT2D eigenvalue weighted by Gasteiger charge is 2.17.